The molecule has 1 aliphatic rings. The van der Waals surface area contributed by atoms with Crippen LogP contribution in [-0.2, 0) is 25.2 Å². The van der Waals surface area contributed by atoms with E-state index in [4.69, 9.17) is 15.6 Å². The van der Waals surface area contributed by atoms with Crippen molar-refractivity contribution >= 4 is 31.1 Å². The second-order valence-electron chi connectivity index (χ2n) is 5.70. The molecular formula is C16H30O6Sn. The van der Waals surface area contributed by atoms with Crippen LogP contribution in [0.5, 0.6) is 0 Å². The molecule has 0 saturated carbocycles. The van der Waals surface area contributed by atoms with Crippen LogP contribution in [0, 0.1) is 0 Å². The Morgan fingerprint density at radius 1 is 0.826 bits per heavy atom. The summed E-state index contributed by atoms with van der Waals surface area (Å²) < 4.78 is 24.2. The van der Waals surface area contributed by atoms with Gasteiger partial charge in [0.25, 0.3) is 0 Å². The molecule has 23 heavy (non-hydrogen) atoms. The van der Waals surface area contributed by atoms with Gasteiger partial charge in [0.05, 0.1) is 0 Å². The Hall–Kier alpha value is -0.341. The molecule has 1 saturated heterocycles. The average Bonchev–Trinajstić information content (AvgIpc) is 2.92. The monoisotopic (exact) mass is 438 g/mol. The van der Waals surface area contributed by atoms with Crippen LogP contribution in [0.25, 0.3) is 0 Å². The molecule has 1 fully saturated rings. The Labute approximate surface area is 144 Å². The number of carbonyl (C=O) groups excluding carboxylic acids is 2. The zero-order chi connectivity index (χ0) is 17.3. The second kappa shape index (κ2) is 10.5. The van der Waals surface area contributed by atoms with Crippen LogP contribution >= 0.6 is 0 Å². The van der Waals surface area contributed by atoms with Crippen LogP contribution < -0.4 is 0 Å². The summed E-state index contributed by atoms with van der Waals surface area (Å²) in [6, 6.07) is 0. The third-order valence-corrected chi connectivity index (χ3v) is 14.1. The first-order chi connectivity index (χ1) is 11.0. The normalized spacial score (nSPS) is 22.8. The van der Waals surface area contributed by atoms with Gasteiger partial charge in [0.15, 0.2) is 0 Å². The molecule has 6 nitrogen and oxygen atoms in total. The van der Waals surface area contributed by atoms with E-state index in [9.17, 15) is 9.59 Å². The van der Waals surface area contributed by atoms with Gasteiger partial charge in [0.2, 0.25) is 0 Å². The van der Waals surface area contributed by atoms with E-state index in [0.29, 0.717) is 0 Å². The first-order valence-electron chi connectivity index (χ1n) is 8.72. The van der Waals surface area contributed by atoms with Crippen LogP contribution in [0.4, 0.5) is 0 Å². The van der Waals surface area contributed by atoms with Gasteiger partial charge in [0.1, 0.15) is 0 Å². The Kier molecular flexibility index (Phi) is 9.46. The van der Waals surface area contributed by atoms with Crippen LogP contribution in [0.1, 0.15) is 53.4 Å². The zero-order valence-corrected chi connectivity index (χ0v) is 17.6. The van der Waals surface area contributed by atoms with Crippen LogP contribution in [-0.4, -0.2) is 56.6 Å². The fourth-order valence-electron chi connectivity index (χ4n) is 2.66. The standard InChI is InChI=1S/C8H12O6.2C4H9.Sn/c1-3-13-7(11)5(9)6(10)8(12)14-4-2;2*1-3-4-2;/h5-6H,3-4H2,1-2H3;2*1,3-4H2,2H3;/q-2;;;+2/t5-,6+;;;. The number of rotatable bonds is 10. The Balaban J connectivity index is 2.96. The van der Waals surface area contributed by atoms with Crippen molar-refractivity contribution in [3.63, 3.8) is 0 Å². The van der Waals surface area contributed by atoms with E-state index in [1.165, 1.54) is 0 Å². The first-order valence-corrected chi connectivity index (χ1v) is 15.1. The Morgan fingerprint density at radius 2 is 1.22 bits per heavy atom. The molecule has 1 heterocycles. The molecule has 0 aromatic carbocycles. The summed E-state index contributed by atoms with van der Waals surface area (Å²) in [5, 5.41) is 0. The summed E-state index contributed by atoms with van der Waals surface area (Å²) in [6.45, 7) is 8.19. The molecule has 0 bridgehead atoms. The van der Waals surface area contributed by atoms with E-state index in [-0.39, 0.29) is 13.2 Å². The second-order valence-corrected chi connectivity index (χ2v) is 15.1. The van der Waals surface area contributed by atoms with Crippen LogP contribution in [0.15, 0.2) is 0 Å². The van der Waals surface area contributed by atoms with Gasteiger partial charge in [-0.15, -0.1) is 0 Å². The molecule has 0 aromatic heterocycles. The third kappa shape index (κ3) is 5.90. The van der Waals surface area contributed by atoms with E-state index in [2.05, 4.69) is 13.8 Å². The molecule has 0 aliphatic carbocycles. The molecule has 0 unspecified atom stereocenters. The van der Waals surface area contributed by atoms with Gasteiger partial charge in [-0.2, -0.15) is 0 Å². The van der Waals surface area contributed by atoms with Crippen molar-refractivity contribution in [2.75, 3.05) is 13.2 Å². The molecule has 1 rings (SSSR count). The number of carbonyl (C=O) groups is 2. The topological polar surface area (TPSA) is 71.1 Å². The maximum absolute atomic E-state index is 12.2. The molecule has 0 radical (unpaired) electrons. The summed E-state index contributed by atoms with van der Waals surface area (Å²) in [6.07, 6.45) is 2.13. The molecule has 2 atom stereocenters. The number of esters is 2. The Morgan fingerprint density at radius 3 is 1.52 bits per heavy atom. The Bertz CT molecular complexity index is 351. The molecule has 0 N–H and O–H groups in total. The van der Waals surface area contributed by atoms with Crippen molar-refractivity contribution in [1.82, 2.24) is 0 Å². The number of unbranched alkanes of at least 4 members (excludes halogenated alkanes) is 2. The van der Waals surface area contributed by atoms with Gasteiger partial charge >= 0.3 is 144 Å². The van der Waals surface area contributed by atoms with Gasteiger partial charge < -0.3 is 0 Å². The van der Waals surface area contributed by atoms with Crippen molar-refractivity contribution in [2.45, 2.75) is 74.5 Å². The molecule has 0 spiro atoms. The van der Waals surface area contributed by atoms with Crippen molar-refractivity contribution in [1.29, 1.82) is 0 Å². The number of hydrogen-bond donors (Lipinski definition) is 0. The molecule has 0 amide bonds. The van der Waals surface area contributed by atoms with Crippen LogP contribution in [0.2, 0.25) is 8.87 Å². The van der Waals surface area contributed by atoms with Crippen molar-refractivity contribution in [3.05, 3.63) is 0 Å². The summed E-state index contributed by atoms with van der Waals surface area (Å²) in [5.74, 6) is -1.03. The van der Waals surface area contributed by atoms with E-state index in [1.807, 2.05) is 0 Å². The molecule has 1 aliphatic heterocycles. The zero-order valence-electron chi connectivity index (χ0n) is 14.8. The number of hydrogen-bond acceptors (Lipinski definition) is 6. The third-order valence-electron chi connectivity index (χ3n) is 3.82. The maximum atomic E-state index is 12.2. The van der Waals surface area contributed by atoms with Gasteiger partial charge in [-0.1, -0.05) is 0 Å². The van der Waals surface area contributed by atoms with E-state index in [0.717, 1.165) is 34.6 Å². The predicted molar refractivity (Wildman–Crippen MR) is 88.2 cm³/mol. The molecular weight excluding hydrogens is 407 g/mol. The summed E-state index contributed by atoms with van der Waals surface area (Å²) in [5.41, 5.74) is 0. The van der Waals surface area contributed by atoms with Crippen molar-refractivity contribution < 1.29 is 25.2 Å². The molecule has 0 aromatic rings. The quantitative estimate of drug-likeness (QED) is 0.387. The van der Waals surface area contributed by atoms with Gasteiger partial charge in [-0.3, -0.25) is 0 Å². The van der Waals surface area contributed by atoms with Crippen LogP contribution in [0.3, 0.4) is 0 Å². The SMILES string of the molecule is CCC[CH2][Sn]1([CH2]CCC)[O][C@H](C(=O)OCC)[C@H](C(=O)OCC)[O]1. The van der Waals surface area contributed by atoms with Gasteiger partial charge in [-0.25, -0.2) is 0 Å². The summed E-state index contributed by atoms with van der Waals surface area (Å²) >= 11 is -3.45. The van der Waals surface area contributed by atoms with E-state index < -0.39 is 43.4 Å². The van der Waals surface area contributed by atoms with Gasteiger partial charge in [-0.05, 0) is 0 Å². The fourth-order valence-corrected chi connectivity index (χ4v) is 13.9. The van der Waals surface area contributed by atoms with Crippen molar-refractivity contribution in [2.24, 2.45) is 0 Å². The summed E-state index contributed by atoms with van der Waals surface area (Å²) in [7, 11) is 0. The molecule has 134 valence electrons. The van der Waals surface area contributed by atoms with Crippen molar-refractivity contribution in [3.8, 4) is 0 Å². The molecule has 7 heteroatoms. The predicted octanol–water partition coefficient (Wildman–Crippen LogP) is 2.94. The van der Waals surface area contributed by atoms with E-state index >= 15 is 0 Å². The van der Waals surface area contributed by atoms with E-state index in [1.54, 1.807) is 13.8 Å². The minimum absolute atomic E-state index is 0.251. The minimum atomic E-state index is -3.45. The summed E-state index contributed by atoms with van der Waals surface area (Å²) in [4.78, 5) is 24.4. The first kappa shape index (κ1) is 20.7. The van der Waals surface area contributed by atoms with Gasteiger partial charge in [0, 0.05) is 0 Å². The number of ether oxygens (including phenoxy) is 2. The fraction of sp³-hybridized carbons (Fsp3) is 0.875. The average molecular weight is 437 g/mol.